The second kappa shape index (κ2) is 7.09. The monoisotopic (exact) mass is 243 g/mol. The van der Waals surface area contributed by atoms with Gasteiger partial charge in [-0.3, -0.25) is 9.80 Å². The van der Waals surface area contributed by atoms with Gasteiger partial charge in [-0.05, 0) is 25.1 Å². The maximum Gasteiger partial charge on any atom is 0.269 e. The van der Waals surface area contributed by atoms with Gasteiger partial charge in [0.25, 0.3) is 5.91 Å². The number of carbonyl (C=O) groups is 1. The Labute approximate surface area is 101 Å². The Hall–Kier alpha value is -1.26. The number of hydrazine groups is 1. The minimum Gasteiger partial charge on any atom is -0.398 e. The molecular formula is C11H18ClN3O. The summed E-state index contributed by atoms with van der Waals surface area (Å²) in [4.78, 5) is 11.6. The van der Waals surface area contributed by atoms with Crippen LogP contribution < -0.4 is 11.6 Å². The van der Waals surface area contributed by atoms with Crippen LogP contribution in [0.5, 0.6) is 0 Å². The van der Waals surface area contributed by atoms with Gasteiger partial charge in [0.05, 0.1) is 5.56 Å². The fourth-order valence-corrected chi connectivity index (χ4v) is 1.18. The minimum absolute atomic E-state index is 0.326. The van der Waals surface area contributed by atoms with Crippen LogP contribution in [-0.2, 0) is 0 Å². The van der Waals surface area contributed by atoms with Gasteiger partial charge in [-0.2, -0.15) is 0 Å². The zero-order valence-electron chi connectivity index (χ0n) is 9.83. The highest BCUT2D eigenvalue weighted by Crippen LogP contribution is 2.18. The van der Waals surface area contributed by atoms with Gasteiger partial charge < -0.3 is 5.73 Å². The van der Waals surface area contributed by atoms with Crippen molar-refractivity contribution in [2.75, 3.05) is 12.3 Å². The summed E-state index contributed by atoms with van der Waals surface area (Å²) in [7, 11) is 0. The maximum absolute atomic E-state index is 11.6. The standard InChI is InChI=1S/C9H12ClN3O.C2H6/c1-2-13(12)9(14)7-5-6(10)3-4-8(7)11;1-2/h3-5H,2,11-12H2,1H3;1-2H3. The highest BCUT2D eigenvalue weighted by molar-refractivity contribution is 6.31. The lowest BCUT2D eigenvalue weighted by Crippen LogP contribution is -2.37. The quantitative estimate of drug-likeness (QED) is 0.362. The van der Waals surface area contributed by atoms with Crippen LogP contribution in [0.3, 0.4) is 0 Å². The van der Waals surface area contributed by atoms with Gasteiger partial charge in [-0.15, -0.1) is 0 Å². The molecule has 0 saturated carbocycles. The van der Waals surface area contributed by atoms with Crippen LogP contribution in [0.1, 0.15) is 31.1 Å². The van der Waals surface area contributed by atoms with E-state index in [1.54, 1.807) is 19.1 Å². The zero-order valence-corrected chi connectivity index (χ0v) is 10.6. The Kier molecular flexibility index (Phi) is 6.53. The number of nitrogens with two attached hydrogens (primary N) is 2. The van der Waals surface area contributed by atoms with Crippen molar-refractivity contribution in [3.63, 3.8) is 0 Å². The molecule has 0 bridgehead atoms. The maximum atomic E-state index is 11.6. The number of hydrogen-bond donors (Lipinski definition) is 2. The van der Waals surface area contributed by atoms with Crippen molar-refractivity contribution < 1.29 is 4.79 Å². The molecule has 1 aromatic carbocycles. The molecule has 0 radical (unpaired) electrons. The molecule has 4 nitrogen and oxygen atoms in total. The van der Waals surface area contributed by atoms with E-state index >= 15 is 0 Å². The van der Waals surface area contributed by atoms with E-state index < -0.39 is 0 Å². The first-order chi connectivity index (χ1) is 7.56. The first-order valence-corrected chi connectivity index (χ1v) is 5.55. The predicted molar refractivity (Wildman–Crippen MR) is 68.1 cm³/mol. The highest BCUT2D eigenvalue weighted by Gasteiger charge is 2.13. The van der Waals surface area contributed by atoms with Crippen LogP contribution in [0.25, 0.3) is 0 Å². The predicted octanol–water partition coefficient (Wildman–Crippen LogP) is 2.28. The second-order valence-electron chi connectivity index (χ2n) is 2.82. The van der Waals surface area contributed by atoms with Crippen LogP contribution in [0.15, 0.2) is 18.2 Å². The van der Waals surface area contributed by atoms with Gasteiger partial charge in [0.15, 0.2) is 0 Å². The number of nitrogen functional groups attached to an aromatic ring is 1. The number of amides is 1. The van der Waals surface area contributed by atoms with Gasteiger partial charge in [0.2, 0.25) is 0 Å². The third kappa shape index (κ3) is 3.72. The van der Waals surface area contributed by atoms with Gasteiger partial charge in [0.1, 0.15) is 0 Å². The smallest absolute Gasteiger partial charge is 0.269 e. The number of rotatable bonds is 2. The Morgan fingerprint density at radius 2 is 2.00 bits per heavy atom. The molecule has 1 rings (SSSR count). The first-order valence-electron chi connectivity index (χ1n) is 5.17. The minimum atomic E-state index is -0.326. The summed E-state index contributed by atoms with van der Waals surface area (Å²) in [5.74, 6) is 5.13. The van der Waals surface area contributed by atoms with E-state index in [2.05, 4.69) is 0 Å². The van der Waals surface area contributed by atoms with Gasteiger partial charge in [-0.25, -0.2) is 5.84 Å². The average Bonchev–Trinajstić information content (AvgIpc) is 2.33. The van der Waals surface area contributed by atoms with Crippen LogP contribution in [0.4, 0.5) is 5.69 Å². The van der Waals surface area contributed by atoms with Crippen molar-refractivity contribution in [1.82, 2.24) is 5.01 Å². The highest BCUT2D eigenvalue weighted by atomic mass is 35.5. The molecule has 0 spiro atoms. The lowest BCUT2D eigenvalue weighted by molar-refractivity contribution is 0.0765. The number of anilines is 1. The number of benzene rings is 1. The second-order valence-corrected chi connectivity index (χ2v) is 3.26. The van der Waals surface area contributed by atoms with Crippen LogP contribution in [0.2, 0.25) is 5.02 Å². The summed E-state index contributed by atoms with van der Waals surface area (Å²) in [5, 5.41) is 1.55. The molecule has 0 aliphatic heterocycles. The Bertz CT molecular complexity index is 355. The lowest BCUT2D eigenvalue weighted by Gasteiger charge is -2.15. The van der Waals surface area contributed by atoms with Gasteiger partial charge >= 0.3 is 0 Å². The van der Waals surface area contributed by atoms with Crippen molar-refractivity contribution in [2.24, 2.45) is 5.84 Å². The summed E-state index contributed by atoms with van der Waals surface area (Å²) in [5.41, 5.74) is 6.33. The van der Waals surface area contributed by atoms with E-state index in [1.165, 1.54) is 6.07 Å². The van der Waals surface area contributed by atoms with E-state index in [0.717, 1.165) is 5.01 Å². The Balaban J connectivity index is 0.00000106. The number of nitrogens with zero attached hydrogens (tertiary/aromatic N) is 1. The molecule has 0 aliphatic rings. The normalized spacial score (nSPS) is 9.06. The molecule has 90 valence electrons. The molecule has 0 saturated heterocycles. The van der Waals surface area contributed by atoms with Crippen molar-refractivity contribution in [1.29, 1.82) is 0 Å². The Morgan fingerprint density at radius 1 is 1.44 bits per heavy atom. The summed E-state index contributed by atoms with van der Waals surface area (Å²) in [6.45, 7) is 6.20. The van der Waals surface area contributed by atoms with Crippen molar-refractivity contribution in [3.05, 3.63) is 28.8 Å². The van der Waals surface area contributed by atoms with E-state index in [1.807, 2.05) is 13.8 Å². The molecule has 0 atom stereocenters. The number of carbonyl (C=O) groups excluding carboxylic acids is 1. The van der Waals surface area contributed by atoms with Crippen molar-refractivity contribution >= 4 is 23.2 Å². The molecule has 0 fully saturated rings. The van der Waals surface area contributed by atoms with E-state index in [4.69, 9.17) is 23.2 Å². The summed E-state index contributed by atoms with van der Waals surface area (Å²) >= 11 is 5.74. The molecule has 0 heterocycles. The lowest BCUT2D eigenvalue weighted by atomic mass is 10.1. The van der Waals surface area contributed by atoms with Crippen molar-refractivity contribution in [3.8, 4) is 0 Å². The van der Waals surface area contributed by atoms with E-state index in [-0.39, 0.29) is 5.91 Å². The molecule has 1 aromatic rings. The van der Waals surface area contributed by atoms with E-state index in [9.17, 15) is 4.79 Å². The largest absolute Gasteiger partial charge is 0.398 e. The number of halogens is 1. The summed E-state index contributed by atoms with van der Waals surface area (Å²) in [6.07, 6.45) is 0. The van der Waals surface area contributed by atoms with Gasteiger partial charge in [-0.1, -0.05) is 25.4 Å². The topological polar surface area (TPSA) is 72.3 Å². The summed E-state index contributed by atoms with van der Waals surface area (Å²) in [6, 6.07) is 4.72. The number of hydrogen-bond acceptors (Lipinski definition) is 3. The third-order valence-electron chi connectivity index (χ3n) is 1.85. The van der Waals surface area contributed by atoms with Crippen LogP contribution >= 0.6 is 11.6 Å². The van der Waals surface area contributed by atoms with E-state index in [0.29, 0.717) is 22.8 Å². The van der Waals surface area contributed by atoms with Crippen LogP contribution in [-0.4, -0.2) is 17.5 Å². The molecule has 0 aromatic heterocycles. The average molecular weight is 244 g/mol. The molecule has 5 heteroatoms. The molecule has 0 unspecified atom stereocenters. The van der Waals surface area contributed by atoms with Gasteiger partial charge in [0, 0.05) is 17.3 Å². The molecule has 4 N–H and O–H groups in total. The molecule has 16 heavy (non-hydrogen) atoms. The zero-order chi connectivity index (χ0) is 12.7. The molecule has 0 aliphatic carbocycles. The summed E-state index contributed by atoms with van der Waals surface area (Å²) < 4.78 is 0. The fraction of sp³-hybridized carbons (Fsp3) is 0.364. The first kappa shape index (κ1) is 14.7. The molecule has 1 amide bonds. The Morgan fingerprint density at radius 3 is 2.50 bits per heavy atom. The van der Waals surface area contributed by atoms with Crippen LogP contribution in [0, 0.1) is 0 Å². The third-order valence-corrected chi connectivity index (χ3v) is 2.08. The molecular weight excluding hydrogens is 226 g/mol. The fourth-order valence-electron chi connectivity index (χ4n) is 1.01. The van der Waals surface area contributed by atoms with Crippen molar-refractivity contribution in [2.45, 2.75) is 20.8 Å². The SMILES string of the molecule is CC.CCN(N)C(=O)c1cc(Cl)ccc1N.